The SMILES string of the molecule is Cc1nc(N)nc(N2CCN(C(C)(C)C)CC2)c1[N+](=O)[O-]. The van der Waals surface area contributed by atoms with Crippen molar-refractivity contribution in [3.63, 3.8) is 0 Å². The van der Waals surface area contributed by atoms with Crippen molar-refractivity contribution in [3.05, 3.63) is 15.8 Å². The van der Waals surface area contributed by atoms with Gasteiger partial charge >= 0.3 is 5.69 Å². The molecule has 0 amide bonds. The van der Waals surface area contributed by atoms with Gasteiger partial charge in [-0.1, -0.05) is 0 Å². The van der Waals surface area contributed by atoms with Crippen molar-refractivity contribution >= 4 is 17.5 Å². The van der Waals surface area contributed by atoms with Crippen LogP contribution in [-0.2, 0) is 0 Å². The first-order chi connectivity index (χ1) is 9.70. The fourth-order valence-corrected chi connectivity index (χ4v) is 2.60. The molecule has 0 unspecified atom stereocenters. The topological polar surface area (TPSA) is 101 Å². The normalized spacial score (nSPS) is 17.0. The van der Waals surface area contributed by atoms with Gasteiger partial charge in [0.2, 0.25) is 11.8 Å². The zero-order chi connectivity index (χ0) is 15.8. The van der Waals surface area contributed by atoms with E-state index in [2.05, 4.69) is 35.6 Å². The number of nitrogens with two attached hydrogens (primary N) is 1. The van der Waals surface area contributed by atoms with Gasteiger partial charge in [0.1, 0.15) is 5.69 Å². The van der Waals surface area contributed by atoms with Crippen molar-refractivity contribution in [2.45, 2.75) is 33.2 Å². The van der Waals surface area contributed by atoms with E-state index in [4.69, 9.17) is 5.73 Å². The van der Waals surface area contributed by atoms with E-state index in [0.29, 0.717) is 24.6 Å². The average molecular weight is 294 g/mol. The molecule has 2 N–H and O–H groups in total. The molecule has 8 heteroatoms. The predicted molar refractivity (Wildman–Crippen MR) is 81.4 cm³/mol. The molecule has 8 nitrogen and oxygen atoms in total. The lowest BCUT2D eigenvalue weighted by Gasteiger charge is -2.42. The Labute approximate surface area is 124 Å². The second-order valence-corrected chi connectivity index (χ2v) is 6.24. The Hall–Kier alpha value is -1.96. The molecule has 0 radical (unpaired) electrons. The fraction of sp³-hybridized carbons (Fsp3) is 0.692. The minimum atomic E-state index is -0.430. The quantitative estimate of drug-likeness (QED) is 0.645. The van der Waals surface area contributed by atoms with Crippen LogP contribution in [0.25, 0.3) is 0 Å². The number of hydrogen-bond acceptors (Lipinski definition) is 7. The zero-order valence-electron chi connectivity index (χ0n) is 13.0. The van der Waals surface area contributed by atoms with E-state index < -0.39 is 4.92 Å². The van der Waals surface area contributed by atoms with Crippen LogP contribution in [0, 0.1) is 17.0 Å². The van der Waals surface area contributed by atoms with Crippen molar-refractivity contribution in [2.75, 3.05) is 36.8 Å². The highest BCUT2D eigenvalue weighted by atomic mass is 16.6. The van der Waals surface area contributed by atoms with Crippen molar-refractivity contribution in [2.24, 2.45) is 0 Å². The Bertz CT molecular complexity index is 546. The molecular formula is C13H22N6O2. The average Bonchev–Trinajstić information content (AvgIpc) is 2.36. The molecule has 1 aliphatic rings. The van der Waals surface area contributed by atoms with Crippen molar-refractivity contribution in [3.8, 4) is 0 Å². The van der Waals surface area contributed by atoms with Gasteiger partial charge in [-0.2, -0.15) is 4.98 Å². The zero-order valence-corrected chi connectivity index (χ0v) is 13.0. The maximum Gasteiger partial charge on any atom is 0.332 e. The molecule has 0 aliphatic carbocycles. The van der Waals surface area contributed by atoms with Crippen LogP contribution < -0.4 is 10.6 Å². The standard InChI is InChI=1S/C13H22N6O2/c1-9-10(19(20)21)11(16-12(14)15-9)17-5-7-18(8-6-17)13(2,3)4/h5-8H2,1-4H3,(H2,14,15,16). The summed E-state index contributed by atoms with van der Waals surface area (Å²) >= 11 is 0. The van der Waals surface area contributed by atoms with Crippen LogP contribution in [0.5, 0.6) is 0 Å². The molecule has 21 heavy (non-hydrogen) atoms. The van der Waals surface area contributed by atoms with Crippen LogP contribution in [0.1, 0.15) is 26.5 Å². The number of aryl methyl sites for hydroxylation is 1. The summed E-state index contributed by atoms with van der Waals surface area (Å²) in [6.07, 6.45) is 0. The maximum absolute atomic E-state index is 11.3. The van der Waals surface area contributed by atoms with Gasteiger partial charge in [0.15, 0.2) is 0 Å². The third-order valence-corrected chi connectivity index (χ3v) is 3.77. The van der Waals surface area contributed by atoms with Crippen LogP contribution in [-0.4, -0.2) is 51.5 Å². The van der Waals surface area contributed by atoms with Crippen LogP contribution in [0.3, 0.4) is 0 Å². The first-order valence-corrected chi connectivity index (χ1v) is 6.98. The molecule has 0 aromatic carbocycles. The van der Waals surface area contributed by atoms with E-state index in [1.807, 2.05) is 4.90 Å². The monoisotopic (exact) mass is 294 g/mol. The molecule has 2 rings (SSSR count). The number of nitrogen functional groups attached to an aromatic ring is 1. The second-order valence-electron chi connectivity index (χ2n) is 6.24. The number of anilines is 2. The largest absolute Gasteiger partial charge is 0.368 e. The Morgan fingerprint density at radius 1 is 1.19 bits per heavy atom. The number of nitrogens with zero attached hydrogens (tertiary/aromatic N) is 5. The van der Waals surface area contributed by atoms with E-state index in [9.17, 15) is 10.1 Å². The highest BCUT2D eigenvalue weighted by molar-refractivity contribution is 5.62. The molecule has 1 aliphatic heterocycles. The molecule has 1 fully saturated rings. The van der Waals surface area contributed by atoms with E-state index in [-0.39, 0.29) is 17.2 Å². The summed E-state index contributed by atoms with van der Waals surface area (Å²) in [7, 11) is 0. The van der Waals surface area contributed by atoms with E-state index in [1.165, 1.54) is 0 Å². The van der Waals surface area contributed by atoms with E-state index in [1.54, 1.807) is 6.92 Å². The highest BCUT2D eigenvalue weighted by Gasteiger charge is 2.31. The molecule has 1 aromatic rings. The Balaban J connectivity index is 2.26. The van der Waals surface area contributed by atoms with Gasteiger partial charge < -0.3 is 10.6 Å². The summed E-state index contributed by atoms with van der Waals surface area (Å²) in [6.45, 7) is 11.1. The van der Waals surface area contributed by atoms with Crippen molar-refractivity contribution in [1.82, 2.24) is 14.9 Å². The lowest BCUT2D eigenvalue weighted by atomic mass is 10.0. The van der Waals surface area contributed by atoms with Crippen LogP contribution >= 0.6 is 0 Å². The van der Waals surface area contributed by atoms with Gasteiger partial charge in [-0.15, -0.1) is 0 Å². The number of piperazine rings is 1. The summed E-state index contributed by atoms with van der Waals surface area (Å²) in [5, 5.41) is 11.3. The molecule has 1 aromatic heterocycles. The molecule has 0 spiro atoms. The minimum absolute atomic E-state index is 0.0478. The second kappa shape index (κ2) is 5.44. The molecule has 1 saturated heterocycles. The van der Waals surface area contributed by atoms with Gasteiger partial charge in [-0.05, 0) is 27.7 Å². The van der Waals surface area contributed by atoms with Crippen LogP contribution in [0.2, 0.25) is 0 Å². The number of aromatic nitrogens is 2. The maximum atomic E-state index is 11.3. The van der Waals surface area contributed by atoms with E-state index >= 15 is 0 Å². The summed E-state index contributed by atoms with van der Waals surface area (Å²) < 4.78 is 0. The summed E-state index contributed by atoms with van der Waals surface area (Å²) in [4.78, 5) is 23.1. The Morgan fingerprint density at radius 3 is 2.24 bits per heavy atom. The highest BCUT2D eigenvalue weighted by Crippen LogP contribution is 2.30. The third-order valence-electron chi connectivity index (χ3n) is 3.77. The van der Waals surface area contributed by atoms with Gasteiger partial charge in [0.25, 0.3) is 0 Å². The number of hydrogen-bond donors (Lipinski definition) is 1. The summed E-state index contributed by atoms with van der Waals surface area (Å²) in [5.74, 6) is 0.407. The van der Waals surface area contributed by atoms with Gasteiger partial charge in [-0.3, -0.25) is 15.0 Å². The van der Waals surface area contributed by atoms with Crippen LogP contribution in [0.4, 0.5) is 17.5 Å². The predicted octanol–water partition coefficient (Wildman–Crippen LogP) is 1.20. The fourth-order valence-electron chi connectivity index (χ4n) is 2.60. The molecule has 0 atom stereocenters. The smallest absolute Gasteiger partial charge is 0.332 e. The van der Waals surface area contributed by atoms with Crippen molar-refractivity contribution in [1.29, 1.82) is 0 Å². The van der Waals surface area contributed by atoms with Gasteiger partial charge in [0.05, 0.1) is 4.92 Å². The first-order valence-electron chi connectivity index (χ1n) is 6.98. The Kier molecular flexibility index (Phi) is 3.99. The lowest BCUT2D eigenvalue weighted by molar-refractivity contribution is -0.385. The number of rotatable bonds is 2. The molecule has 2 heterocycles. The third kappa shape index (κ3) is 3.21. The summed E-state index contributed by atoms with van der Waals surface area (Å²) in [6, 6.07) is 0. The Morgan fingerprint density at radius 2 is 1.76 bits per heavy atom. The number of nitro groups is 1. The minimum Gasteiger partial charge on any atom is -0.368 e. The van der Waals surface area contributed by atoms with E-state index in [0.717, 1.165) is 13.1 Å². The summed E-state index contributed by atoms with van der Waals surface area (Å²) in [5.41, 5.74) is 6.00. The lowest BCUT2D eigenvalue weighted by Crippen LogP contribution is -2.53. The van der Waals surface area contributed by atoms with Crippen molar-refractivity contribution < 1.29 is 4.92 Å². The molecule has 116 valence electrons. The molecule has 0 bridgehead atoms. The molecular weight excluding hydrogens is 272 g/mol. The molecule has 0 saturated carbocycles. The van der Waals surface area contributed by atoms with Crippen LogP contribution in [0.15, 0.2) is 0 Å². The first kappa shape index (κ1) is 15.4. The van der Waals surface area contributed by atoms with Gasteiger partial charge in [-0.25, -0.2) is 4.98 Å². The van der Waals surface area contributed by atoms with Gasteiger partial charge in [0, 0.05) is 31.7 Å².